The summed E-state index contributed by atoms with van der Waals surface area (Å²) < 4.78 is 13.0. The van der Waals surface area contributed by atoms with Crippen molar-refractivity contribution in [3.05, 3.63) is 50.6 Å². The van der Waals surface area contributed by atoms with Gasteiger partial charge in [0.15, 0.2) is 5.78 Å². The van der Waals surface area contributed by atoms with Crippen LogP contribution in [0.3, 0.4) is 0 Å². The minimum absolute atomic E-state index is 0.0469. The fraction of sp³-hybridized carbons (Fsp3) is 0.214. The molecule has 2 aromatic rings. The van der Waals surface area contributed by atoms with Crippen LogP contribution < -0.4 is 0 Å². The van der Waals surface area contributed by atoms with Crippen LogP contribution in [0.5, 0.6) is 0 Å². The van der Waals surface area contributed by atoms with Gasteiger partial charge in [-0.1, -0.05) is 22.9 Å². The first-order chi connectivity index (χ1) is 9.10. The van der Waals surface area contributed by atoms with Crippen molar-refractivity contribution in [3.63, 3.8) is 0 Å². The van der Waals surface area contributed by atoms with E-state index in [0.29, 0.717) is 9.77 Å². The summed E-state index contributed by atoms with van der Waals surface area (Å²) in [7, 11) is -1.28. The number of thiophene rings is 1. The Hall–Kier alpha value is -0.780. The number of hydrogen-bond acceptors (Lipinski definition) is 3. The Morgan fingerprint density at radius 3 is 2.47 bits per heavy atom. The van der Waals surface area contributed by atoms with Crippen LogP contribution in [0, 0.1) is 0 Å². The first-order valence-corrected chi connectivity index (χ1v) is 8.79. The standard InChI is InChI=1S/C14H13BrO2S2/c1-2-11-5-8-14(18-11)13(16)9-19(17)12-6-3-10(15)4-7-12/h3-8H,2,9H2,1H3. The SMILES string of the molecule is CCc1ccc(C(=O)CS(=O)c2ccc(Br)cc2)s1. The Morgan fingerprint density at radius 1 is 1.21 bits per heavy atom. The van der Waals surface area contributed by atoms with Crippen LogP contribution >= 0.6 is 27.3 Å². The second kappa shape index (κ2) is 6.59. The summed E-state index contributed by atoms with van der Waals surface area (Å²) in [5.74, 6) is -0.00312. The number of ketones is 1. The molecular formula is C14H13BrO2S2. The molecule has 2 nitrogen and oxygen atoms in total. The first-order valence-electron chi connectivity index (χ1n) is 5.86. The molecule has 1 unspecified atom stereocenters. The van der Waals surface area contributed by atoms with Gasteiger partial charge in [-0.25, -0.2) is 0 Å². The van der Waals surface area contributed by atoms with E-state index in [1.807, 2.05) is 24.3 Å². The van der Waals surface area contributed by atoms with Crippen LogP contribution in [-0.2, 0) is 17.2 Å². The van der Waals surface area contributed by atoms with Crippen LogP contribution in [0.25, 0.3) is 0 Å². The van der Waals surface area contributed by atoms with E-state index < -0.39 is 10.8 Å². The lowest BCUT2D eigenvalue weighted by Crippen LogP contribution is -2.09. The molecular weight excluding hydrogens is 344 g/mol. The third kappa shape index (κ3) is 3.84. The number of hydrogen-bond donors (Lipinski definition) is 0. The molecule has 1 atom stereocenters. The Labute approximate surface area is 127 Å². The fourth-order valence-electron chi connectivity index (χ4n) is 1.58. The zero-order valence-corrected chi connectivity index (χ0v) is 13.6. The maximum atomic E-state index is 12.1. The van der Waals surface area contributed by atoms with Gasteiger partial charge >= 0.3 is 0 Å². The second-order valence-electron chi connectivity index (χ2n) is 3.99. The molecule has 1 aromatic heterocycles. The van der Waals surface area contributed by atoms with Crippen molar-refractivity contribution in [2.24, 2.45) is 0 Å². The average molecular weight is 357 g/mol. The van der Waals surface area contributed by atoms with Crippen molar-refractivity contribution in [1.29, 1.82) is 0 Å². The van der Waals surface area contributed by atoms with Crippen LogP contribution in [0.1, 0.15) is 21.5 Å². The zero-order chi connectivity index (χ0) is 13.8. The molecule has 5 heteroatoms. The molecule has 1 heterocycles. The number of aryl methyl sites for hydroxylation is 1. The van der Waals surface area contributed by atoms with Crippen LogP contribution in [0.15, 0.2) is 45.8 Å². The third-order valence-corrected chi connectivity index (χ3v) is 5.75. The highest BCUT2D eigenvalue weighted by Gasteiger charge is 2.14. The highest BCUT2D eigenvalue weighted by Crippen LogP contribution is 2.19. The zero-order valence-electron chi connectivity index (χ0n) is 10.4. The lowest BCUT2D eigenvalue weighted by Gasteiger charge is -2.01. The fourth-order valence-corrected chi connectivity index (χ4v) is 3.82. The maximum Gasteiger partial charge on any atom is 0.185 e. The van der Waals surface area contributed by atoms with E-state index in [9.17, 15) is 9.00 Å². The van der Waals surface area contributed by atoms with E-state index in [-0.39, 0.29) is 11.5 Å². The number of carbonyl (C=O) groups excluding carboxylic acids is 1. The van der Waals surface area contributed by atoms with Gasteiger partial charge in [0, 0.05) is 14.2 Å². The summed E-state index contributed by atoms with van der Waals surface area (Å²) >= 11 is 4.82. The first kappa shape index (κ1) is 14.6. The third-order valence-electron chi connectivity index (χ3n) is 2.62. The molecule has 0 saturated heterocycles. The van der Waals surface area contributed by atoms with Crippen LogP contribution in [-0.4, -0.2) is 15.7 Å². The summed E-state index contributed by atoms with van der Waals surface area (Å²) in [6.45, 7) is 2.06. The summed E-state index contributed by atoms with van der Waals surface area (Å²) in [5, 5.41) is 0. The Bertz CT molecular complexity index is 602. The van der Waals surface area contributed by atoms with Gasteiger partial charge in [-0.05, 0) is 42.8 Å². The summed E-state index contributed by atoms with van der Waals surface area (Å²) in [6, 6.07) is 11.0. The minimum Gasteiger partial charge on any atom is -0.292 e. The molecule has 0 aliphatic rings. The highest BCUT2D eigenvalue weighted by molar-refractivity contribution is 9.10. The largest absolute Gasteiger partial charge is 0.292 e. The van der Waals surface area contributed by atoms with Crippen molar-refractivity contribution in [2.75, 3.05) is 5.75 Å². The van der Waals surface area contributed by atoms with Gasteiger partial charge in [-0.3, -0.25) is 9.00 Å². The molecule has 0 amide bonds. The van der Waals surface area contributed by atoms with Gasteiger partial charge in [0.05, 0.1) is 21.4 Å². The molecule has 0 bridgehead atoms. The molecule has 0 aliphatic carbocycles. The van der Waals surface area contributed by atoms with Gasteiger partial charge in [0.25, 0.3) is 0 Å². The van der Waals surface area contributed by atoms with E-state index >= 15 is 0 Å². The molecule has 100 valence electrons. The van der Waals surface area contributed by atoms with Gasteiger partial charge in [-0.2, -0.15) is 0 Å². The van der Waals surface area contributed by atoms with Gasteiger partial charge in [0.2, 0.25) is 0 Å². The van der Waals surface area contributed by atoms with E-state index in [1.165, 1.54) is 16.2 Å². The molecule has 0 fully saturated rings. The predicted molar refractivity (Wildman–Crippen MR) is 83.4 cm³/mol. The topological polar surface area (TPSA) is 34.1 Å². The lowest BCUT2D eigenvalue weighted by molar-refractivity contribution is 0.102. The summed E-state index contributed by atoms with van der Waals surface area (Å²) in [4.78, 5) is 14.6. The number of rotatable bonds is 5. The second-order valence-corrected chi connectivity index (χ2v) is 7.52. The molecule has 1 aromatic carbocycles. The van der Waals surface area contributed by atoms with Gasteiger partial charge in [-0.15, -0.1) is 11.3 Å². The monoisotopic (exact) mass is 356 g/mol. The molecule has 0 saturated carbocycles. The van der Waals surface area contributed by atoms with E-state index in [0.717, 1.165) is 10.9 Å². The van der Waals surface area contributed by atoms with Gasteiger partial charge < -0.3 is 0 Å². The normalized spacial score (nSPS) is 12.3. The summed E-state index contributed by atoms with van der Waals surface area (Å²) in [6.07, 6.45) is 0.924. The number of carbonyl (C=O) groups is 1. The quantitative estimate of drug-likeness (QED) is 0.756. The molecule has 0 spiro atoms. The number of halogens is 1. The van der Waals surface area contributed by atoms with Crippen molar-refractivity contribution in [2.45, 2.75) is 18.2 Å². The molecule has 19 heavy (non-hydrogen) atoms. The molecule has 0 radical (unpaired) electrons. The van der Waals surface area contributed by atoms with Crippen molar-refractivity contribution in [3.8, 4) is 0 Å². The van der Waals surface area contributed by atoms with E-state index in [2.05, 4.69) is 22.9 Å². The predicted octanol–water partition coefficient (Wildman–Crippen LogP) is 4.06. The van der Waals surface area contributed by atoms with Crippen molar-refractivity contribution >= 4 is 43.8 Å². The number of Topliss-reactive ketones (excluding diaryl/α,β-unsaturated/α-hetero) is 1. The van der Waals surface area contributed by atoms with Crippen LogP contribution in [0.4, 0.5) is 0 Å². The Balaban J connectivity index is 2.06. The Morgan fingerprint density at radius 2 is 1.89 bits per heavy atom. The van der Waals surface area contributed by atoms with Crippen molar-refractivity contribution < 1.29 is 9.00 Å². The van der Waals surface area contributed by atoms with E-state index in [4.69, 9.17) is 0 Å². The molecule has 0 aliphatic heterocycles. The molecule has 2 rings (SSSR count). The highest BCUT2D eigenvalue weighted by atomic mass is 79.9. The Kier molecular flexibility index (Phi) is 5.07. The van der Waals surface area contributed by atoms with Crippen LogP contribution in [0.2, 0.25) is 0 Å². The summed E-state index contributed by atoms with van der Waals surface area (Å²) in [5.41, 5.74) is 0. The molecule has 0 N–H and O–H groups in total. The maximum absolute atomic E-state index is 12.1. The lowest BCUT2D eigenvalue weighted by atomic mass is 10.3. The smallest absolute Gasteiger partial charge is 0.185 e. The minimum atomic E-state index is -1.28. The van der Waals surface area contributed by atoms with E-state index in [1.54, 1.807) is 12.1 Å². The van der Waals surface area contributed by atoms with Crippen molar-refractivity contribution in [1.82, 2.24) is 0 Å². The van der Waals surface area contributed by atoms with Gasteiger partial charge in [0.1, 0.15) is 0 Å². The average Bonchev–Trinajstić information content (AvgIpc) is 2.88. The number of benzene rings is 1.